The molecule has 7 heteroatoms. The summed E-state index contributed by atoms with van der Waals surface area (Å²) in [5.74, 6) is 4.72. The summed E-state index contributed by atoms with van der Waals surface area (Å²) in [4.78, 5) is 9.33. The van der Waals surface area contributed by atoms with Gasteiger partial charge in [-0.2, -0.15) is 0 Å². The number of benzene rings is 5. The Hall–Kier alpha value is -5.40. The van der Waals surface area contributed by atoms with Gasteiger partial charge in [-0.15, -0.1) is 0 Å². The summed E-state index contributed by atoms with van der Waals surface area (Å²) < 4.78 is 21.4. The van der Waals surface area contributed by atoms with Crippen LogP contribution in [0.4, 0.5) is 0 Å². The van der Waals surface area contributed by atoms with E-state index in [-0.39, 0.29) is 5.41 Å². The number of imidazole rings is 1. The van der Waals surface area contributed by atoms with Crippen molar-refractivity contribution in [1.82, 2.24) is 14.5 Å². The van der Waals surface area contributed by atoms with Gasteiger partial charge in [-0.25, -0.2) is 9.97 Å². The summed E-state index contributed by atoms with van der Waals surface area (Å²) in [6, 6.07) is 43.6. The highest BCUT2D eigenvalue weighted by molar-refractivity contribution is 9.10. The molecule has 0 aliphatic heterocycles. The van der Waals surface area contributed by atoms with Crippen molar-refractivity contribution < 1.29 is 14.2 Å². The van der Waals surface area contributed by atoms with Gasteiger partial charge in [-0.1, -0.05) is 57.2 Å². The lowest BCUT2D eigenvalue weighted by Crippen LogP contribution is -2.11. The lowest BCUT2D eigenvalue weighted by Gasteiger charge is -2.19. The van der Waals surface area contributed by atoms with E-state index >= 15 is 0 Å². The van der Waals surface area contributed by atoms with E-state index in [0.717, 1.165) is 33.7 Å². The van der Waals surface area contributed by atoms with Gasteiger partial charge < -0.3 is 14.2 Å². The highest BCUT2D eigenvalue weighted by Gasteiger charge is 2.16. The Morgan fingerprint density at radius 2 is 1.21 bits per heavy atom. The summed E-state index contributed by atoms with van der Waals surface area (Å²) in [5.41, 5.74) is 5.21. The molecule has 0 aliphatic carbocycles. The van der Waals surface area contributed by atoms with Crippen molar-refractivity contribution >= 4 is 27.0 Å². The topological polar surface area (TPSA) is 58.4 Å². The number of nitrogens with zero attached hydrogens (tertiary/aromatic N) is 3. The molecule has 0 unspecified atom stereocenters. The fraction of sp³-hybridized carbons (Fsp3) is 0.100. The Bertz CT molecular complexity index is 2150. The Kier molecular flexibility index (Phi) is 8.23. The molecule has 0 spiro atoms. The van der Waals surface area contributed by atoms with Gasteiger partial charge in [0.2, 0.25) is 5.88 Å². The number of rotatable bonds is 8. The molecule has 0 N–H and O–H groups in total. The Labute approximate surface area is 282 Å². The minimum absolute atomic E-state index is 0.0103. The van der Waals surface area contributed by atoms with Crippen molar-refractivity contribution in [3.8, 4) is 51.7 Å². The van der Waals surface area contributed by atoms with Gasteiger partial charge in [0.15, 0.2) is 0 Å². The molecule has 0 aliphatic rings. The first-order chi connectivity index (χ1) is 22.8. The van der Waals surface area contributed by atoms with E-state index in [0.29, 0.717) is 39.1 Å². The molecule has 0 atom stereocenters. The third-order valence-electron chi connectivity index (χ3n) is 7.72. The van der Waals surface area contributed by atoms with Gasteiger partial charge in [-0.3, -0.25) is 4.57 Å². The second-order valence-corrected chi connectivity index (χ2v) is 12.9. The zero-order chi connectivity index (χ0) is 32.4. The first-order valence-electron chi connectivity index (χ1n) is 15.3. The van der Waals surface area contributed by atoms with E-state index in [1.54, 1.807) is 6.20 Å². The first-order valence-corrected chi connectivity index (χ1v) is 16.1. The maximum atomic E-state index is 6.29. The van der Waals surface area contributed by atoms with Gasteiger partial charge in [-0.05, 0) is 118 Å². The molecular weight excluding hydrogens is 650 g/mol. The molecule has 0 saturated heterocycles. The molecule has 232 valence electrons. The van der Waals surface area contributed by atoms with Crippen molar-refractivity contribution in [3.05, 3.63) is 150 Å². The van der Waals surface area contributed by atoms with Crippen LogP contribution in [0.25, 0.3) is 28.1 Å². The summed E-state index contributed by atoms with van der Waals surface area (Å²) in [5, 5.41) is 0. The second kappa shape index (κ2) is 12.8. The summed E-state index contributed by atoms with van der Waals surface area (Å²) in [6.45, 7) is 6.49. The van der Waals surface area contributed by atoms with Crippen LogP contribution in [0.2, 0.25) is 0 Å². The molecule has 0 saturated carbocycles. The number of para-hydroxylation sites is 3. The number of aromatic nitrogens is 3. The van der Waals surface area contributed by atoms with Gasteiger partial charge in [0.25, 0.3) is 0 Å². The number of fused-ring (bicyclic) bond motifs is 1. The molecule has 6 nitrogen and oxygen atoms in total. The quantitative estimate of drug-likeness (QED) is 0.160. The average molecular weight is 683 g/mol. The van der Waals surface area contributed by atoms with Crippen LogP contribution < -0.4 is 14.2 Å². The fourth-order valence-corrected chi connectivity index (χ4v) is 5.69. The largest absolute Gasteiger partial charge is 0.456 e. The molecule has 0 amide bonds. The summed E-state index contributed by atoms with van der Waals surface area (Å²) in [7, 11) is 0. The Morgan fingerprint density at radius 1 is 0.617 bits per heavy atom. The van der Waals surface area contributed by atoms with Gasteiger partial charge in [0, 0.05) is 23.5 Å². The fourth-order valence-electron chi connectivity index (χ4n) is 5.26. The molecule has 0 bridgehead atoms. The predicted molar refractivity (Wildman–Crippen MR) is 190 cm³/mol. The smallest absolute Gasteiger partial charge is 0.219 e. The number of pyridine rings is 1. The predicted octanol–water partition coefficient (Wildman–Crippen LogP) is 11.5. The van der Waals surface area contributed by atoms with E-state index in [1.807, 2.05) is 115 Å². The van der Waals surface area contributed by atoms with Crippen LogP contribution in [0.15, 0.2) is 144 Å². The zero-order valence-electron chi connectivity index (χ0n) is 26.2. The molecule has 5 aromatic carbocycles. The molecule has 47 heavy (non-hydrogen) atoms. The maximum absolute atomic E-state index is 6.29. The summed E-state index contributed by atoms with van der Waals surface area (Å²) >= 11 is 3.69. The zero-order valence-corrected chi connectivity index (χ0v) is 27.8. The van der Waals surface area contributed by atoms with Crippen LogP contribution in [0.5, 0.6) is 34.6 Å². The van der Waals surface area contributed by atoms with Crippen LogP contribution in [-0.4, -0.2) is 14.5 Å². The van der Waals surface area contributed by atoms with Gasteiger partial charge in [0.05, 0.1) is 11.0 Å². The van der Waals surface area contributed by atoms with E-state index in [1.165, 1.54) is 0 Å². The number of hydrogen-bond donors (Lipinski definition) is 0. The van der Waals surface area contributed by atoms with Crippen LogP contribution in [-0.2, 0) is 5.41 Å². The van der Waals surface area contributed by atoms with Crippen molar-refractivity contribution in [2.75, 3.05) is 0 Å². The molecule has 2 heterocycles. The highest BCUT2D eigenvalue weighted by Crippen LogP contribution is 2.40. The lowest BCUT2D eigenvalue weighted by molar-refractivity contribution is 0.447. The third-order valence-corrected chi connectivity index (χ3v) is 8.50. The standard InChI is InChI=1S/C40H32BrN3O3/c1-40(2,3)28-24-25-42-37(26-28)47-32-22-20-31(21-23-32)46-36-15-9-14-35(38(36)41)45-30-18-16-27(17-19-30)39-43-33-12-7-8-13-34(33)44(39)29-10-5-4-6-11-29/h4-26H,1-3H3. The van der Waals surface area contributed by atoms with Gasteiger partial charge >= 0.3 is 0 Å². The number of ether oxygens (including phenoxy) is 3. The lowest BCUT2D eigenvalue weighted by atomic mass is 9.88. The van der Waals surface area contributed by atoms with Crippen LogP contribution >= 0.6 is 15.9 Å². The van der Waals surface area contributed by atoms with Crippen LogP contribution in [0.3, 0.4) is 0 Å². The van der Waals surface area contributed by atoms with E-state index in [2.05, 4.69) is 64.5 Å². The molecule has 7 aromatic rings. The van der Waals surface area contributed by atoms with Crippen molar-refractivity contribution in [2.24, 2.45) is 0 Å². The van der Waals surface area contributed by atoms with Crippen molar-refractivity contribution in [1.29, 1.82) is 0 Å². The molecule has 0 fully saturated rings. The molecule has 0 radical (unpaired) electrons. The Morgan fingerprint density at radius 3 is 1.87 bits per heavy atom. The average Bonchev–Trinajstić information content (AvgIpc) is 3.48. The maximum Gasteiger partial charge on any atom is 0.219 e. The van der Waals surface area contributed by atoms with Crippen molar-refractivity contribution in [3.63, 3.8) is 0 Å². The Balaban J connectivity index is 1.06. The van der Waals surface area contributed by atoms with Crippen molar-refractivity contribution in [2.45, 2.75) is 26.2 Å². The van der Waals surface area contributed by atoms with E-state index in [4.69, 9.17) is 19.2 Å². The summed E-state index contributed by atoms with van der Waals surface area (Å²) in [6.07, 6.45) is 1.78. The number of halogens is 1. The number of hydrogen-bond acceptors (Lipinski definition) is 5. The van der Waals surface area contributed by atoms with E-state index in [9.17, 15) is 0 Å². The van der Waals surface area contributed by atoms with E-state index < -0.39 is 0 Å². The third kappa shape index (κ3) is 6.62. The minimum Gasteiger partial charge on any atom is -0.456 e. The molecular formula is C40H32BrN3O3. The first kappa shape index (κ1) is 30.3. The minimum atomic E-state index is 0.0103. The molecule has 2 aromatic heterocycles. The monoisotopic (exact) mass is 681 g/mol. The van der Waals surface area contributed by atoms with Crippen LogP contribution in [0.1, 0.15) is 26.3 Å². The van der Waals surface area contributed by atoms with Crippen LogP contribution in [0, 0.1) is 0 Å². The highest BCUT2D eigenvalue weighted by atomic mass is 79.9. The molecule has 7 rings (SSSR count). The second-order valence-electron chi connectivity index (χ2n) is 12.1. The SMILES string of the molecule is CC(C)(C)c1ccnc(Oc2ccc(Oc3cccc(Oc4ccc(-c5nc6ccccc6n5-c5ccccc5)cc4)c3Br)cc2)c1. The normalized spacial score (nSPS) is 11.4. The van der Waals surface area contributed by atoms with Gasteiger partial charge in [0.1, 0.15) is 39.0 Å².